The summed E-state index contributed by atoms with van der Waals surface area (Å²) in [6.07, 6.45) is 7.64. The maximum atomic E-state index is 4.28. The molecule has 0 aliphatic rings. The molecule has 0 amide bonds. The van der Waals surface area contributed by atoms with Crippen molar-refractivity contribution in [1.29, 1.82) is 0 Å². The van der Waals surface area contributed by atoms with E-state index < -0.39 is 0 Å². The summed E-state index contributed by atoms with van der Waals surface area (Å²) in [5.74, 6) is 0. The van der Waals surface area contributed by atoms with E-state index in [0.717, 1.165) is 22.0 Å². The molecule has 0 atom stereocenters. The topological polar surface area (TPSA) is 25.8 Å². The first-order valence-corrected chi connectivity index (χ1v) is 5.04. The van der Waals surface area contributed by atoms with Gasteiger partial charge in [0.25, 0.3) is 0 Å². The molecule has 0 N–H and O–H groups in total. The summed E-state index contributed by atoms with van der Waals surface area (Å²) in [5, 5.41) is 1.11. The van der Waals surface area contributed by atoms with Crippen molar-refractivity contribution in [1.82, 2.24) is 9.97 Å². The van der Waals surface area contributed by atoms with E-state index >= 15 is 0 Å². The summed E-state index contributed by atoms with van der Waals surface area (Å²) in [4.78, 5) is 8.25. The maximum Gasteiger partial charge on any atom is 0 e. The van der Waals surface area contributed by atoms with Gasteiger partial charge in [-0.2, -0.15) is 12.1 Å². The molecule has 79 valence electrons. The molecule has 2 nitrogen and oxygen atoms in total. The van der Waals surface area contributed by atoms with Crippen molar-refractivity contribution in [2.45, 2.75) is 0 Å². The molecule has 2 heterocycles. The molecular weight excluding hydrogens is 285 g/mol. The Hall–Kier alpha value is -1.12. The molecule has 17 heavy (non-hydrogen) atoms. The zero-order valence-corrected chi connectivity index (χ0v) is 11.9. The smallest absolute Gasteiger partial charge is 0 e. The van der Waals surface area contributed by atoms with Crippen LogP contribution in [0.1, 0.15) is 0 Å². The molecular formula is C14H8N2Y-2. The molecule has 0 aliphatic carbocycles. The van der Waals surface area contributed by atoms with Crippen LogP contribution < -0.4 is 0 Å². The van der Waals surface area contributed by atoms with Crippen LogP contribution in [0.3, 0.4) is 0 Å². The Morgan fingerprint density at radius 1 is 0.882 bits per heavy atom. The first-order chi connectivity index (χ1) is 7.93. The van der Waals surface area contributed by atoms with E-state index in [1.165, 1.54) is 0 Å². The molecule has 0 aliphatic heterocycles. The molecule has 0 unspecified atom stereocenters. The van der Waals surface area contributed by atoms with E-state index in [0.29, 0.717) is 0 Å². The van der Waals surface area contributed by atoms with Crippen LogP contribution in [0.2, 0.25) is 0 Å². The third-order valence-corrected chi connectivity index (χ3v) is 2.43. The fraction of sp³-hybridized carbons (Fsp3) is 0. The Morgan fingerprint density at radius 3 is 2.59 bits per heavy atom. The second kappa shape index (κ2) is 5.48. The fourth-order valence-electron chi connectivity index (χ4n) is 1.63. The van der Waals surface area contributed by atoms with Crippen molar-refractivity contribution in [3.05, 3.63) is 61.1 Å². The van der Waals surface area contributed by atoms with E-state index in [1.54, 1.807) is 6.20 Å². The Bertz CT molecular complexity index is 623. The first kappa shape index (κ1) is 12.3. The van der Waals surface area contributed by atoms with Crippen LogP contribution in [-0.2, 0) is 32.7 Å². The summed E-state index contributed by atoms with van der Waals surface area (Å²) in [6, 6.07) is 13.9. The fourth-order valence-corrected chi connectivity index (χ4v) is 1.63. The van der Waals surface area contributed by atoms with Crippen LogP contribution in [0, 0.1) is 12.4 Å². The zero-order valence-electron chi connectivity index (χ0n) is 9.09. The van der Waals surface area contributed by atoms with Crippen molar-refractivity contribution in [2.75, 3.05) is 0 Å². The average molecular weight is 293 g/mol. The number of nitrogens with zero attached hydrogens (tertiary/aromatic N) is 2. The van der Waals surface area contributed by atoms with Crippen LogP contribution in [0.5, 0.6) is 0 Å². The first-order valence-electron chi connectivity index (χ1n) is 5.04. The number of para-hydroxylation sites is 1. The molecule has 1 radical (unpaired) electrons. The molecule has 0 saturated heterocycles. The predicted molar refractivity (Wildman–Crippen MR) is 62.6 cm³/mol. The summed E-state index contributed by atoms with van der Waals surface area (Å²) in [7, 11) is 0. The Labute approximate surface area is 125 Å². The van der Waals surface area contributed by atoms with Crippen LogP contribution in [0.15, 0.2) is 48.7 Å². The molecule has 0 saturated carbocycles. The second-order valence-electron chi connectivity index (χ2n) is 3.50. The minimum Gasteiger partial charge on any atom is -0.371 e. The van der Waals surface area contributed by atoms with Gasteiger partial charge in [-0.1, -0.05) is 48.2 Å². The molecule has 3 aromatic rings. The summed E-state index contributed by atoms with van der Waals surface area (Å²) in [5.41, 5.74) is 2.79. The molecule has 3 heteroatoms. The van der Waals surface area contributed by atoms with Gasteiger partial charge in [-0.25, -0.2) is 11.1 Å². The van der Waals surface area contributed by atoms with Crippen molar-refractivity contribution < 1.29 is 32.7 Å². The van der Waals surface area contributed by atoms with Crippen molar-refractivity contribution in [3.63, 3.8) is 0 Å². The van der Waals surface area contributed by atoms with Crippen LogP contribution in [0.25, 0.3) is 22.0 Å². The van der Waals surface area contributed by atoms with Gasteiger partial charge in [0.2, 0.25) is 0 Å². The second-order valence-corrected chi connectivity index (χ2v) is 3.50. The van der Waals surface area contributed by atoms with E-state index in [2.05, 4.69) is 28.4 Å². The molecule has 3 rings (SSSR count). The van der Waals surface area contributed by atoms with Crippen LogP contribution in [-0.4, -0.2) is 9.97 Å². The minimum atomic E-state index is 0. The van der Waals surface area contributed by atoms with Crippen LogP contribution in [0.4, 0.5) is 0 Å². The van der Waals surface area contributed by atoms with Crippen LogP contribution >= 0.6 is 0 Å². The molecule has 0 fully saturated rings. The molecule has 0 spiro atoms. The van der Waals surface area contributed by atoms with Gasteiger partial charge in [-0.15, -0.1) is 6.07 Å². The summed E-state index contributed by atoms with van der Waals surface area (Å²) in [6.45, 7) is 0. The third-order valence-electron chi connectivity index (χ3n) is 2.43. The number of benzene rings is 1. The van der Waals surface area contributed by atoms with Gasteiger partial charge >= 0.3 is 0 Å². The Kier molecular flexibility index (Phi) is 3.98. The standard InChI is InChI=1S/C14H8N2.Y/c1-2-6-14-11(4-1)8-13(10-16-14)12-5-3-7-15-9-12;/h1-8H;/q-2;. The van der Waals surface area contributed by atoms with Gasteiger partial charge in [0.1, 0.15) is 0 Å². The Balaban J connectivity index is 0.00000108. The van der Waals surface area contributed by atoms with Gasteiger partial charge in [0.05, 0.1) is 0 Å². The summed E-state index contributed by atoms with van der Waals surface area (Å²) < 4.78 is 0. The number of aromatic nitrogens is 2. The number of pyridine rings is 2. The van der Waals surface area contributed by atoms with Crippen molar-refractivity contribution >= 4 is 10.9 Å². The molecule has 1 aromatic carbocycles. The van der Waals surface area contributed by atoms with Gasteiger partial charge in [0, 0.05) is 32.7 Å². The van der Waals surface area contributed by atoms with E-state index in [9.17, 15) is 0 Å². The largest absolute Gasteiger partial charge is 0.371 e. The zero-order chi connectivity index (χ0) is 10.8. The molecule has 0 bridgehead atoms. The van der Waals surface area contributed by atoms with Crippen molar-refractivity contribution in [2.24, 2.45) is 0 Å². The normalized spacial score (nSPS) is 9.88. The van der Waals surface area contributed by atoms with Gasteiger partial charge in [-0.05, 0) is 5.52 Å². The third kappa shape index (κ3) is 2.59. The summed E-state index contributed by atoms with van der Waals surface area (Å²) >= 11 is 0. The van der Waals surface area contributed by atoms with E-state index in [4.69, 9.17) is 0 Å². The number of fused-ring (bicyclic) bond motifs is 1. The minimum absolute atomic E-state index is 0. The SMILES string of the molecule is [Y].[c-]1ncccc1-c1[c-]nc2ccccc2c1. The van der Waals surface area contributed by atoms with Gasteiger partial charge in [0.15, 0.2) is 0 Å². The predicted octanol–water partition coefficient (Wildman–Crippen LogP) is 2.89. The average Bonchev–Trinajstić information content (AvgIpc) is 2.39. The molecule has 2 aromatic heterocycles. The van der Waals surface area contributed by atoms with Crippen molar-refractivity contribution in [3.8, 4) is 11.1 Å². The maximum absolute atomic E-state index is 4.28. The monoisotopic (exact) mass is 293 g/mol. The van der Waals surface area contributed by atoms with Gasteiger partial charge < -0.3 is 9.97 Å². The van der Waals surface area contributed by atoms with E-state index in [1.807, 2.05) is 36.4 Å². The number of hydrogen-bond donors (Lipinski definition) is 0. The Morgan fingerprint density at radius 2 is 1.76 bits per heavy atom. The van der Waals surface area contributed by atoms with E-state index in [-0.39, 0.29) is 32.7 Å². The van der Waals surface area contributed by atoms with Gasteiger partial charge in [-0.3, -0.25) is 0 Å². The number of hydrogen-bond acceptors (Lipinski definition) is 2. The quantitative estimate of drug-likeness (QED) is 0.645. The number of rotatable bonds is 1.